The fraction of sp³-hybridized carbons (Fsp3) is 0.440. The van der Waals surface area contributed by atoms with Crippen LogP contribution in [0.4, 0.5) is 0 Å². The number of rotatable bonds is 3. The summed E-state index contributed by atoms with van der Waals surface area (Å²) in [5, 5.41) is 1.28. The first-order valence-electron chi connectivity index (χ1n) is 10.2. The number of fused-ring (bicyclic) bond motifs is 1. The van der Waals surface area contributed by atoms with E-state index in [0.29, 0.717) is 11.8 Å². The van der Waals surface area contributed by atoms with Crippen molar-refractivity contribution < 1.29 is 0 Å². The number of benzene rings is 1. The Morgan fingerprint density at radius 1 is 0.852 bits per heavy atom. The Kier molecular flexibility index (Phi) is 9.71. The molecule has 146 valence electrons. The van der Waals surface area contributed by atoms with E-state index in [2.05, 4.69) is 75.8 Å². The number of para-hydroxylation sites is 1. The maximum absolute atomic E-state index is 4.46. The molecule has 0 fully saturated rings. The van der Waals surface area contributed by atoms with Gasteiger partial charge in [-0.05, 0) is 59.6 Å². The van der Waals surface area contributed by atoms with Crippen molar-refractivity contribution in [2.75, 3.05) is 0 Å². The average molecular weight is 365 g/mol. The van der Waals surface area contributed by atoms with Crippen LogP contribution < -0.4 is 0 Å². The smallest absolute Gasteiger partial charge is 0.0704 e. The van der Waals surface area contributed by atoms with Crippen molar-refractivity contribution in [1.82, 2.24) is 9.97 Å². The van der Waals surface area contributed by atoms with Gasteiger partial charge in [0.2, 0.25) is 0 Å². The third-order valence-electron chi connectivity index (χ3n) is 4.65. The van der Waals surface area contributed by atoms with E-state index in [-0.39, 0.29) is 0 Å². The van der Waals surface area contributed by atoms with Crippen molar-refractivity contribution in [2.24, 2.45) is 0 Å². The summed E-state index contributed by atoms with van der Waals surface area (Å²) in [6.45, 7) is 17.2. The van der Waals surface area contributed by atoms with Gasteiger partial charge in [0.1, 0.15) is 0 Å². The van der Waals surface area contributed by atoms with Gasteiger partial charge in [-0.1, -0.05) is 66.7 Å². The molecule has 0 saturated carbocycles. The van der Waals surface area contributed by atoms with E-state index < -0.39 is 0 Å². The molecule has 2 heteroatoms. The third kappa shape index (κ3) is 6.16. The standard InChI is InChI=1S/C13H15N.C10H15N.C2H6/c1-9(2)12-8-14-13-7-5-4-6-11(13)10(12)3;1-4-9-5-6-11-7-10(9)8(2)3;1-2/h4-9H,1-3H3;5-8H,4H2,1-3H3;1-2H3. The summed E-state index contributed by atoms with van der Waals surface area (Å²) in [5.74, 6) is 1.14. The highest BCUT2D eigenvalue weighted by molar-refractivity contribution is 5.82. The van der Waals surface area contributed by atoms with Gasteiger partial charge in [-0.15, -0.1) is 0 Å². The van der Waals surface area contributed by atoms with Gasteiger partial charge in [0.05, 0.1) is 5.52 Å². The molecule has 2 aromatic heterocycles. The van der Waals surface area contributed by atoms with Crippen molar-refractivity contribution >= 4 is 10.9 Å². The Morgan fingerprint density at radius 3 is 2.04 bits per heavy atom. The van der Waals surface area contributed by atoms with Gasteiger partial charge in [0.25, 0.3) is 0 Å². The summed E-state index contributed by atoms with van der Waals surface area (Å²) in [7, 11) is 0. The van der Waals surface area contributed by atoms with Crippen molar-refractivity contribution in [3.8, 4) is 0 Å². The van der Waals surface area contributed by atoms with Crippen molar-refractivity contribution in [1.29, 1.82) is 0 Å². The molecule has 1 aromatic carbocycles. The molecule has 0 aliphatic carbocycles. The van der Waals surface area contributed by atoms with Crippen LogP contribution in [0.5, 0.6) is 0 Å². The Bertz CT molecular complexity index is 819. The second-order valence-corrected chi connectivity index (χ2v) is 7.09. The molecule has 0 bridgehead atoms. The lowest BCUT2D eigenvalue weighted by Gasteiger charge is -2.11. The first-order valence-corrected chi connectivity index (χ1v) is 10.2. The minimum absolute atomic E-state index is 0.548. The highest BCUT2D eigenvalue weighted by Gasteiger charge is 2.06. The van der Waals surface area contributed by atoms with Crippen LogP contribution in [0, 0.1) is 6.92 Å². The highest BCUT2D eigenvalue weighted by atomic mass is 14.7. The second kappa shape index (κ2) is 11.5. The minimum atomic E-state index is 0.548. The van der Waals surface area contributed by atoms with E-state index in [0.717, 1.165) is 11.9 Å². The first kappa shape index (κ1) is 22.8. The minimum Gasteiger partial charge on any atom is -0.264 e. The molecule has 0 atom stereocenters. The van der Waals surface area contributed by atoms with Crippen LogP contribution >= 0.6 is 0 Å². The molecule has 0 aliphatic heterocycles. The summed E-state index contributed by atoms with van der Waals surface area (Å²) in [6, 6.07) is 10.4. The van der Waals surface area contributed by atoms with Crippen LogP contribution in [-0.4, -0.2) is 9.97 Å². The molecular formula is C25H36N2. The Morgan fingerprint density at radius 2 is 1.48 bits per heavy atom. The van der Waals surface area contributed by atoms with E-state index in [1.807, 2.05) is 38.5 Å². The van der Waals surface area contributed by atoms with Crippen LogP contribution in [0.1, 0.15) is 82.6 Å². The highest BCUT2D eigenvalue weighted by Crippen LogP contribution is 2.24. The number of aromatic nitrogens is 2. The van der Waals surface area contributed by atoms with Gasteiger partial charge >= 0.3 is 0 Å². The van der Waals surface area contributed by atoms with Crippen molar-refractivity contribution in [2.45, 2.75) is 73.6 Å². The number of hydrogen-bond acceptors (Lipinski definition) is 2. The molecule has 0 N–H and O–H groups in total. The van der Waals surface area contributed by atoms with E-state index in [9.17, 15) is 0 Å². The predicted molar refractivity (Wildman–Crippen MR) is 120 cm³/mol. The zero-order valence-electron chi connectivity index (χ0n) is 18.4. The molecule has 27 heavy (non-hydrogen) atoms. The molecule has 2 heterocycles. The fourth-order valence-electron chi connectivity index (χ4n) is 3.15. The SMILES string of the molecule is CC.CCc1ccncc1C(C)C.Cc1c(C(C)C)cnc2ccccc12. The normalized spacial score (nSPS) is 10.3. The molecule has 0 aliphatic rings. The van der Waals surface area contributed by atoms with Gasteiger partial charge in [-0.2, -0.15) is 0 Å². The molecule has 3 aromatic rings. The van der Waals surface area contributed by atoms with Crippen molar-refractivity contribution in [3.63, 3.8) is 0 Å². The lowest BCUT2D eigenvalue weighted by molar-refractivity contribution is 0.835. The predicted octanol–water partition coefficient (Wildman–Crippen LogP) is 7.46. The largest absolute Gasteiger partial charge is 0.264 e. The van der Waals surface area contributed by atoms with Gasteiger partial charge in [-0.25, -0.2) is 0 Å². The fourth-order valence-corrected chi connectivity index (χ4v) is 3.15. The van der Waals surface area contributed by atoms with Crippen molar-refractivity contribution in [3.05, 3.63) is 71.2 Å². The number of aryl methyl sites for hydroxylation is 2. The Balaban J connectivity index is 0.000000254. The van der Waals surface area contributed by atoms with Crippen LogP contribution in [0.15, 0.2) is 48.9 Å². The molecule has 2 nitrogen and oxygen atoms in total. The van der Waals surface area contributed by atoms with E-state index in [1.165, 1.54) is 27.6 Å². The summed E-state index contributed by atoms with van der Waals surface area (Å²) in [5.41, 5.74) is 6.62. The molecule has 0 spiro atoms. The lowest BCUT2D eigenvalue weighted by Crippen LogP contribution is -1.95. The van der Waals surface area contributed by atoms with Gasteiger partial charge in [0, 0.05) is 24.0 Å². The Labute approximate surface area is 166 Å². The second-order valence-electron chi connectivity index (χ2n) is 7.09. The first-order chi connectivity index (χ1) is 13.0. The zero-order chi connectivity index (χ0) is 20.4. The average Bonchev–Trinajstić information content (AvgIpc) is 2.70. The maximum Gasteiger partial charge on any atom is 0.0704 e. The zero-order valence-corrected chi connectivity index (χ0v) is 18.4. The summed E-state index contributed by atoms with van der Waals surface area (Å²) >= 11 is 0. The number of nitrogens with zero attached hydrogens (tertiary/aromatic N) is 2. The van der Waals surface area contributed by atoms with Crippen LogP contribution in [-0.2, 0) is 6.42 Å². The molecule has 0 saturated heterocycles. The maximum atomic E-state index is 4.46. The Hall–Kier alpha value is -2.22. The van der Waals surface area contributed by atoms with E-state index in [1.54, 1.807) is 0 Å². The third-order valence-corrected chi connectivity index (χ3v) is 4.65. The lowest BCUT2D eigenvalue weighted by atomic mass is 9.97. The number of pyridine rings is 2. The van der Waals surface area contributed by atoms with Gasteiger partial charge < -0.3 is 0 Å². The molecule has 3 rings (SSSR count). The molecule has 0 unspecified atom stereocenters. The monoisotopic (exact) mass is 364 g/mol. The molecule has 0 radical (unpaired) electrons. The summed E-state index contributed by atoms with van der Waals surface area (Å²) in [4.78, 5) is 8.58. The quantitative estimate of drug-likeness (QED) is 0.482. The molecular weight excluding hydrogens is 328 g/mol. The summed E-state index contributed by atoms with van der Waals surface area (Å²) in [6.07, 6.45) is 6.95. The topological polar surface area (TPSA) is 25.8 Å². The van der Waals surface area contributed by atoms with Gasteiger partial charge in [-0.3, -0.25) is 9.97 Å². The summed E-state index contributed by atoms with van der Waals surface area (Å²) < 4.78 is 0. The van der Waals surface area contributed by atoms with Crippen LogP contribution in [0.3, 0.4) is 0 Å². The molecule has 0 amide bonds. The van der Waals surface area contributed by atoms with E-state index >= 15 is 0 Å². The van der Waals surface area contributed by atoms with Crippen LogP contribution in [0.25, 0.3) is 10.9 Å². The van der Waals surface area contributed by atoms with E-state index in [4.69, 9.17) is 0 Å². The van der Waals surface area contributed by atoms with Gasteiger partial charge in [0.15, 0.2) is 0 Å². The van der Waals surface area contributed by atoms with Crippen LogP contribution in [0.2, 0.25) is 0 Å². The number of hydrogen-bond donors (Lipinski definition) is 0.